The van der Waals surface area contributed by atoms with Crippen LogP contribution in [0.25, 0.3) is 0 Å². The fourth-order valence-corrected chi connectivity index (χ4v) is 3.65. The summed E-state index contributed by atoms with van der Waals surface area (Å²) in [6.07, 6.45) is 1.39. The largest absolute Gasteiger partial charge is 0.390 e. The number of benzene rings is 1. The van der Waals surface area contributed by atoms with E-state index in [9.17, 15) is 19.1 Å². The Bertz CT molecular complexity index is 673. The van der Waals surface area contributed by atoms with Gasteiger partial charge in [0.25, 0.3) is 5.91 Å². The molecule has 2 saturated heterocycles. The molecule has 26 heavy (non-hydrogen) atoms. The smallest absolute Gasteiger partial charge is 0.325 e. The number of urea groups is 1. The summed E-state index contributed by atoms with van der Waals surface area (Å²) in [5.74, 6) is -0.136. The standard InChI is InChI=1S/C19H26FN3O3/c1-13-7-9-22(10-8-13)11-16(24)12-23-17(25)19(2,21-18(23)26)14-3-5-15(20)6-4-14/h3-6,13,16,24H,7-12H2,1-2H3,(H,21,26)/t16-,19-/m1/s1. The minimum Gasteiger partial charge on any atom is -0.390 e. The number of nitrogens with one attached hydrogen (secondary N) is 1. The van der Waals surface area contributed by atoms with Crippen LogP contribution in [0.5, 0.6) is 0 Å². The number of nitrogens with zero attached hydrogens (tertiary/aromatic N) is 2. The predicted octanol–water partition coefficient (Wildman–Crippen LogP) is 1.69. The number of imide groups is 1. The highest BCUT2D eigenvalue weighted by molar-refractivity contribution is 6.07. The highest BCUT2D eigenvalue weighted by atomic mass is 19.1. The number of rotatable bonds is 5. The summed E-state index contributed by atoms with van der Waals surface area (Å²) in [5.41, 5.74) is -0.732. The van der Waals surface area contributed by atoms with E-state index in [-0.39, 0.29) is 6.54 Å². The molecule has 3 amide bonds. The number of hydrogen-bond donors (Lipinski definition) is 2. The van der Waals surface area contributed by atoms with Gasteiger partial charge in [-0.15, -0.1) is 0 Å². The van der Waals surface area contributed by atoms with Crippen LogP contribution < -0.4 is 5.32 Å². The summed E-state index contributed by atoms with van der Waals surface area (Å²) in [5, 5.41) is 13.0. The molecule has 2 atom stereocenters. The maximum atomic E-state index is 13.1. The maximum Gasteiger partial charge on any atom is 0.325 e. The SMILES string of the molecule is CC1CCN(C[C@@H](O)CN2C(=O)N[C@](C)(c3ccc(F)cc3)C2=O)CC1. The topological polar surface area (TPSA) is 72.9 Å². The van der Waals surface area contributed by atoms with Gasteiger partial charge in [0, 0.05) is 6.54 Å². The van der Waals surface area contributed by atoms with Gasteiger partial charge >= 0.3 is 6.03 Å². The lowest BCUT2D eigenvalue weighted by Crippen LogP contribution is -2.45. The molecule has 0 aliphatic carbocycles. The number of carbonyl (C=O) groups is 2. The van der Waals surface area contributed by atoms with E-state index in [1.54, 1.807) is 6.92 Å². The van der Waals surface area contributed by atoms with Crippen LogP contribution >= 0.6 is 0 Å². The van der Waals surface area contributed by atoms with Crippen molar-refractivity contribution in [2.75, 3.05) is 26.2 Å². The molecule has 7 heteroatoms. The van der Waals surface area contributed by atoms with Crippen molar-refractivity contribution < 1.29 is 19.1 Å². The molecule has 0 bridgehead atoms. The third-order valence-electron chi connectivity index (χ3n) is 5.44. The second kappa shape index (κ2) is 7.32. The van der Waals surface area contributed by atoms with Crippen molar-refractivity contribution in [3.05, 3.63) is 35.6 Å². The normalized spacial score (nSPS) is 26.2. The van der Waals surface area contributed by atoms with Crippen molar-refractivity contribution in [3.8, 4) is 0 Å². The number of aliphatic hydroxyl groups is 1. The maximum absolute atomic E-state index is 13.1. The molecule has 2 fully saturated rings. The average molecular weight is 363 g/mol. The Kier molecular flexibility index (Phi) is 5.29. The molecule has 142 valence electrons. The number of hydrogen-bond acceptors (Lipinski definition) is 4. The van der Waals surface area contributed by atoms with Gasteiger partial charge in [0.05, 0.1) is 12.6 Å². The van der Waals surface area contributed by atoms with E-state index in [1.165, 1.54) is 24.3 Å². The zero-order chi connectivity index (χ0) is 18.9. The Morgan fingerprint density at radius 1 is 1.23 bits per heavy atom. The monoisotopic (exact) mass is 363 g/mol. The first-order valence-corrected chi connectivity index (χ1v) is 9.10. The average Bonchev–Trinajstić information content (AvgIpc) is 2.82. The van der Waals surface area contributed by atoms with E-state index >= 15 is 0 Å². The lowest BCUT2D eigenvalue weighted by Gasteiger charge is -2.32. The first-order valence-electron chi connectivity index (χ1n) is 9.10. The van der Waals surface area contributed by atoms with Crippen LogP contribution in [-0.4, -0.2) is 59.1 Å². The van der Waals surface area contributed by atoms with Crippen LogP contribution in [0.15, 0.2) is 24.3 Å². The van der Waals surface area contributed by atoms with Crippen LogP contribution in [0.1, 0.15) is 32.3 Å². The van der Waals surface area contributed by atoms with E-state index in [4.69, 9.17) is 0 Å². The molecule has 0 unspecified atom stereocenters. The van der Waals surface area contributed by atoms with Gasteiger partial charge in [0.1, 0.15) is 11.4 Å². The quantitative estimate of drug-likeness (QED) is 0.781. The molecule has 2 aliphatic heterocycles. The molecule has 0 radical (unpaired) electrons. The van der Waals surface area contributed by atoms with Gasteiger partial charge in [-0.1, -0.05) is 19.1 Å². The van der Waals surface area contributed by atoms with E-state index in [0.29, 0.717) is 18.0 Å². The molecule has 2 heterocycles. The molecule has 0 spiro atoms. The lowest BCUT2D eigenvalue weighted by atomic mass is 9.92. The Morgan fingerprint density at radius 3 is 2.46 bits per heavy atom. The van der Waals surface area contributed by atoms with Crippen molar-refractivity contribution in [1.29, 1.82) is 0 Å². The second-order valence-corrected chi connectivity index (χ2v) is 7.61. The Labute approximate surface area is 153 Å². The van der Waals surface area contributed by atoms with Crippen molar-refractivity contribution in [2.45, 2.75) is 38.3 Å². The van der Waals surface area contributed by atoms with Gasteiger partial charge in [0.15, 0.2) is 0 Å². The van der Waals surface area contributed by atoms with Gasteiger partial charge in [-0.3, -0.25) is 9.69 Å². The highest BCUT2D eigenvalue weighted by Crippen LogP contribution is 2.29. The van der Waals surface area contributed by atoms with Crippen molar-refractivity contribution in [2.24, 2.45) is 5.92 Å². The van der Waals surface area contributed by atoms with Gasteiger partial charge in [-0.05, 0) is 56.5 Å². The third kappa shape index (κ3) is 3.73. The third-order valence-corrected chi connectivity index (χ3v) is 5.44. The summed E-state index contributed by atoms with van der Waals surface area (Å²) in [6.45, 7) is 6.05. The molecule has 0 aromatic heterocycles. The number of piperidine rings is 1. The summed E-state index contributed by atoms with van der Waals surface area (Å²) in [4.78, 5) is 28.3. The molecular formula is C19H26FN3O3. The number of carbonyl (C=O) groups excluding carboxylic acids is 2. The summed E-state index contributed by atoms with van der Waals surface area (Å²) in [7, 11) is 0. The fraction of sp³-hybridized carbons (Fsp3) is 0.579. The first kappa shape index (κ1) is 18.8. The molecule has 3 rings (SSSR count). The number of likely N-dealkylation sites (tertiary alicyclic amines) is 1. The van der Waals surface area contributed by atoms with Crippen LogP contribution in [0.4, 0.5) is 9.18 Å². The zero-order valence-electron chi connectivity index (χ0n) is 15.2. The van der Waals surface area contributed by atoms with Crippen molar-refractivity contribution in [3.63, 3.8) is 0 Å². The van der Waals surface area contributed by atoms with Crippen LogP contribution in [0.3, 0.4) is 0 Å². The Hall–Kier alpha value is -1.99. The Morgan fingerprint density at radius 2 is 1.85 bits per heavy atom. The predicted molar refractivity (Wildman–Crippen MR) is 94.8 cm³/mol. The molecule has 6 nitrogen and oxygen atoms in total. The highest BCUT2D eigenvalue weighted by Gasteiger charge is 2.49. The number of amides is 3. The summed E-state index contributed by atoms with van der Waals surface area (Å²) < 4.78 is 13.1. The van der Waals surface area contributed by atoms with E-state index in [2.05, 4.69) is 17.1 Å². The molecule has 2 aliphatic rings. The van der Waals surface area contributed by atoms with Crippen LogP contribution in [0, 0.1) is 11.7 Å². The van der Waals surface area contributed by atoms with Crippen molar-refractivity contribution >= 4 is 11.9 Å². The zero-order valence-corrected chi connectivity index (χ0v) is 15.2. The summed E-state index contributed by atoms with van der Waals surface area (Å²) in [6, 6.07) is 4.96. The summed E-state index contributed by atoms with van der Waals surface area (Å²) >= 11 is 0. The van der Waals surface area contributed by atoms with E-state index < -0.39 is 29.4 Å². The van der Waals surface area contributed by atoms with Gasteiger partial charge in [-0.2, -0.15) is 0 Å². The lowest BCUT2D eigenvalue weighted by molar-refractivity contribution is -0.132. The van der Waals surface area contributed by atoms with Crippen LogP contribution in [0.2, 0.25) is 0 Å². The molecule has 0 saturated carbocycles. The molecular weight excluding hydrogens is 337 g/mol. The second-order valence-electron chi connectivity index (χ2n) is 7.61. The minimum absolute atomic E-state index is 0.0481. The van der Waals surface area contributed by atoms with Gasteiger partial charge in [0.2, 0.25) is 0 Å². The van der Waals surface area contributed by atoms with Gasteiger partial charge < -0.3 is 15.3 Å². The number of halogens is 1. The van der Waals surface area contributed by atoms with Crippen LogP contribution in [-0.2, 0) is 10.3 Å². The fourth-order valence-electron chi connectivity index (χ4n) is 3.65. The first-order chi connectivity index (χ1) is 12.3. The van der Waals surface area contributed by atoms with Gasteiger partial charge in [-0.25, -0.2) is 9.18 Å². The molecule has 1 aromatic carbocycles. The Balaban J connectivity index is 1.64. The van der Waals surface area contributed by atoms with Crippen molar-refractivity contribution in [1.82, 2.24) is 15.1 Å². The molecule has 2 N–H and O–H groups in total. The molecule has 1 aromatic rings. The van der Waals surface area contributed by atoms with E-state index in [1.807, 2.05) is 0 Å². The minimum atomic E-state index is -1.24. The van der Waals surface area contributed by atoms with E-state index in [0.717, 1.165) is 30.8 Å². The number of β-amino-alcohol motifs (C(OH)–C–C–N with tert-alkyl or cyclic N) is 1. The number of aliphatic hydroxyl groups excluding tert-OH is 1.